The highest BCUT2D eigenvalue weighted by Crippen LogP contribution is 2.19. The molecule has 0 unspecified atom stereocenters. The van der Waals surface area contributed by atoms with Crippen molar-refractivity contribution in [3.05, 3.63) is 41.8 Å². The van der Waals surface area contributed by atoms with Crippen molar-refractivity contribution in [2.24, 2.45) is 7.05 Å². The summed E-state index contributed by atoms with van der Waals surface area (Å²) in [5.41, 5.74) is 0.872. The zero-order valence-electron chi connectivity index (χ0n) is 14.5. The number of carbonyl (C=O) groups excluding carboxylic acids is 1. The number of carbonyl (C=O) groups is 1. The Kier molecular flexibility index (Phi) is 5.33. The summed E-state index contributed by atoms with van der Waals surface area (Å²) in [6, 6.07) is 7.93. The molecule has 0 radical (unpaired) electrons. The van der Waals surface area contributed by atoms with E-state index in [2.05, 4.69) is 15.3 Å². The molecule has 1 aliphatic rings. The molecule has 2 heterocycles. The summed E-state index contributed by atoms with van der Waals surface area (Å²) in [7, 11) is 1.81. The average Bonchev–Trinajstić information content (AvgIpc) is 2.89. The van der Waals surface area contributed by atoms with Gasteiger partial charge in [0.2, 0.25) is 5.91 Å². The first kappa shape index (κ1) is 17.4. The van der Waals surface area contributed by atoms with Crippen LogP contribution in [0.15, 0.2) is 30.3 Å². The Balaban J connectivity index is 1.43. The van der Waals surface area contributed by atoms with E-state index >= 15 is 0 Å². The molecule has 1 aliphatic heterocycles. The van der Waals surface area contributed by atoms with Crippen LogP contribution in [-0.2, 0) is 11.8 Å². The maximum atomic E-state index is 12.9. The van der Waals surface area contributed by atoms with E-state index in [1.807, 2.05) is 13.0 Å². The number of hydrogen-bond acceptors (Lipinski definition) is 4. The van der Waals surface area contributed by atoms with Crippen molar-refractivity contribution in [3.63, 3.8) is 0 Å². The molecule has 6 nitrogen and oxygen atoms in total. The molecular formula is C18H23FN4O2. The van der Waals surface area contributed by atoms with E-state index in [0.29, 0.717) is 18.1 Å². The van der Waals surface area contributed by atoms with Gasteiger partial charge in [0.25, 0.3) is 0 Å². The highest BCUT2D eigenvalue weighted by atomic mass is 19.1. The Morgan fingerprint density at radius 1 is 1.32 bits per heavy atom. The lowest BCUT2D eigenvalue weighted by atomic mass is 10.1. The van der Waals surface area contributed by atoms with E-state index < -0.39 is 0 Å². The predicted molar refractivity (Wildman–Crippen MR) is 93.1 cm³/mol. The molecule has 0 spiro atoms. The van der Waals surface area contributed by atoms with Crippen LogP contribution in [-0.4, -0.2) is 46.3 Å². The van der Waals surface area contributed by atoms with Gasteiger partial charge in [-0.15, -0.1) is 0 Å². The molecule has 0 saturated carbocycles. The number of aryl methyl sites for hydroxylation is 2. The van der Waals surface area contributed by atoms with Crippen LogP contribution in [0.3, 0.4) is 0 Å². The molecule has 1 aromatic heterocycles. The van der Waals surface area contributed by atoms with Crippen molar-refractivity contribution in [2.75, 3.05) is 25.0 Å². The van der Waals surface area contributed by atoms with Gasteiger partial charge in [-0.1, -0.05) is 0 Å². The third-order valence-electron chi connectivity index (χ3n) is 4.29. The standard InChI is InChI=1S/C18H23FN4O2/c1-13-11-17(22(2)21-13)20-18(24)12-23-9-7-16(8-10-23)25-15-5-3-14(19)4-6-15/h3-6,11,16H,7-10,12H2,1-2H3,(H,20,24). The number of rotatable bonds is 5. The lowest BCUT2D eigenvalue weighted by Gasteiger charge is -2.31. The normalized spacial score (nSPS) is 16.0. The minimum absolute atomic E-state index is 0.0408. The van der Waals surface area contributed by atoms with Gasteiger partial charge in [0.1, 0.15) is 23.5 Å². The predicted octanol–water partition coefficient (Wildman–Crippen LogP) is 2.35. The van der Waals surface area contributed by atoms with E-state index in [9.17, 15) is 9.18 Å². The third-order valence-corrected chi connectivity index (χ3v) is 4.29. The number of piperidine rings is 1. The molecule has 1 aromatic carbocycles. The summed E-state index contributed by atoms with van der Waals surface area (Å²) in [5, 5.41) is 7.10. The molecule has 7 heteroatoms. The lowest BCUT2D eigenvalue weighted by Crippen LogP contribution is -2.42. The van der Waals surface area contributed by atoms with Gasteiger partial charge in [-0.2, -0.15) is 5.10 Å². The summed E-state index contributed by atoms with van der Waals surface area (Å²) < 4.78 is 20.4. The molecule has 0 bridgehead atoms. The van der Waals surface area contributed by atoms with Crippen LogP contribution in [0.4, 0.5) is 10.2 Å². The van der Waals surface area contributed by atoms with E-state index in [4.69, 9.17) is 4.74 Å². The van der Waals surface area contributed by atoms with E-state index in [1.54, 1.807) is 23.9 Å². The molecule has 25 heavy (non-hydrogen) atoms. The number of ether oxygens (including phenoxy) is 1. The molecule has 3 rings (SSSR count). The second-order valence-corrected chi connectivity index (χ2v) is 6.39. The van der Waals surface area contributed by atoms with Gasteiger partial charge in [-0.25, -0.2) is 4.39 Å². The van der Waals surface area contributed by atoms with Gasteiger partial charge >= 0.3 is 0 Å². The van der Waals surface area contributed by atoms with Crippen LogP contribution < -0.4 is 10.1 Å². The first-order chi connectivity index (χ1) is 12.0. The Hall–Kier alpha value is -2.41. The van der Waals surface area contributed by atoms with E-state index in [-0.39, 0.29) is 17.8 Å². The van der Waals surface area contributed by atoms with Crippen molar-refractivity contribution in [2.45, 2.75) is 25.9 Å². The van der Waals surface area contributed by atoms with Gasteiger partial charge in [-0.3, -0.25) is 14.4 Å². The number of amides is 1. The van der Waals surface area contributed by atoms with Crippen LogP contribution >= 0.6 is 0 Å². The van der Waals surface area contributed by atoms with Crippen molar-refractivity contribution >= 4 is 11.7 Å². The molecule has 134 valence electrons. The van der Waals surface area contributed by atoms with Gasteiger partial charge in [0.15, 0.2) is 0 Å². The van der Waals surface area contributed by atoms with E-state index in [0.717, 1.165) is 31.6 Å². The fraction of sp³-hybridized carbons (Fsp3) is 0.444. The van der Waals surface area contributed by atoms with Gasteiger partial charge < -0.3 is 10.1 Å². The summed E-state index contributed by atoms with van der Waals surface area (Å²) in [5.74, 6) is 1.08. The minimum Gasteiger partial charge on any atom is -0.490 e. The topological polar surface area (TPSA) is 59.4 Å². The number of likely N-dealkylation sites (tertiary alicyclic amines) is 1. The lowest BCUT2D eigenvalue weighted by molar-refractivity contribution is -0.117. The maximum absolute atomic E-state index is 12.9. The summed E-state index contributed by atoms with van der Waals surface area (Å²) in [6.07, 6.45) is 1.79. The average molecular weight is 346 g/mol. The summed E-state index contributed by atoms with van der Waals surface area (Å²) >= 11 is 0. The number of nitrogens with one attached hydrogen (secondary N) is 1. The molecule has 0 atom stereocenters. The maximum Gasteiger partial charge on any atom is 0.239 e. The van der Waals surface area contributed by atoms with Crippen LogP contribution in [0.1, 0.15) is 18.5 Å². The first-order valence-corrected chi connectivity index (χ1v) is 8.44. The molecule has 2 aromatic rings. The van der Waals surface area contributed by atoms with Gasteiger partial charge in [0.05, 0.1) is 12.2 Å². The number of benzene rings is 1. The van der Waals surface area contributed by atoms with Crippen molar-refractivity contribution in [1.29, 1.82) is 0 Å². The Morgan fingerprint density at radius 2 is 2.00 bits per heavy atom. The van der Waals surface area contributed by atoms with Crippen LogP contribution in [0.25, 0.3) is 0 Å². The monoisotopic (exact) mass is 346 g/mol. The quantitative estimate of drug-likeness (QED) is 0.903. The zero-order valence-corrected chi connectivity index (χ0v) is 14.5. The van der Waals surface area contributed by atoms with Gasteiger partial charge in [-0.05, 0) is 44.0 Å². The highest BCUT2D eigenvalue weighted by Gasteiger charge is 2.22. The van der Waals surface area contributed by atoms with Crippen molar-refractivity contribution in [3.8, 4) is 5.75 Å². The third kappa shape index (κ3) is 4.79. The van der Waals surface area contributed by atoms with E-state index in [1.165, 1.54) is 12.1 Å². The molecule has 1 fully saturated rings. The van der Waals surface area contributed by atoms with Crippen LogP contribution in [0.2, 0.25) is 0 Å². The zero-order chi connectivity index (χ0) is 17.8. The molecule has 0 aliphatic carbocycles. The van der Waals surface area contributed by atoms with Crippen molar-refractivity contribution in [1.82, 2.24) is 14.7 Å². The second kappa shape index (κ2) is 7.65. The summed E-state index contributed by atoms with van der Waals surface area (Å²) in [4.78, 5) is 14.3. The molecule has 1 amide bonds. The van der Waals surface area contributed by atoms with Crippen LogP contribution in [0, 0.1) is 12.7 Å². The molecular weight excluding hydrogens is 323 g/mol. The number of nitrogens with zero attached hydrogens (tertiary/aromatic N) is 3. The smallest absolute Gasteiger partial charge is 0.239 e. The van der Waals surface area contributed by atoms with Crippen molar-refractivity contribution < 1.29 is 13.9 Å². The fourth-order valence-corrected chi connectivity index (χ4v) is 3.00. The number of aromatic nitrogens is 2. The summed E-state index contributed by atoms with van der Waals surface area (Å²) in [6.45, 7) is 3.84. The highest BCUT2D eigenvalue weighted by molar-refractivity contribution is 5.91. The number of hydrogen-bond donors (Lipinski definition) is 1. The molecule has 1 N–H and O–H groups in total. The van der Waals surface area contributed by atoms with Gasteiger partial charge in [0, 0.05) is 26.2 Å². The number of halogens is 1. The Morgan fingerprint density at radius 3 is 2.60 bits per heavy atom. The SMILES string of the molecule is Cc1cc(NC(=O)CN2CCC(Oc3ccc(F)cc3)CC2)n(C)n1. The van der Waals surface area contributed by atoms with Crippen LogP contribution in [0.5, 0.6) is 5.75 Å². The largest absolute Gasteiger partial charge is 0.490 e. The molecule has 1 saturated heterocycles. The second-order valence-electron chi connectivity index (χ2n) is 6.39. The Labute approximate surface area is 146 Å². The number of anilines is 1. The first-order valence-electron chi connectivity index (χ1n) is 8.44. The Bertz CT molecular complexity index is 721. The minimum atomic E-state index is -0.267. The fourth-order valence-electron chi connectivity index (χ4n) is 3.00.